The highest BCUT2D eigenvalue weighted by Gasteiger charge is 2.31. The number of aromatic nitrogens is 2. The van der Waals surface area contributed by atoms with E-state index in [1.54, 1.807) is 36.4 Å². The number of halogens is 3. The zero-order valence-corrected chi connectivity index (χ0v) is 20.1. The molecule has 1 heterocycles. The van der Waals surface area contributed by atoms with Gasteiger partial charge in [0.15, 0.2) is 0 Å². The number of aliphatic carboxylic acids is 1. The van der Waals surface area contributed by atoms with E-state index in [-0.39, 0.29) is 24.6 Å². The molecule has 0 unspecified atom stereocenters. The summed E-state index contributed by atoms with van der Waals surface area (Å²) in [6.45, 7) is 0.451. The number of alkyl halides is 3. The summed E-state index contributed by atoms with van der Waals surface area (Å²) in [5.74, 6) is -1.28. The van der Waals surface area contributed by atoms with Gasteiger partial charge in [-0.2, -0.15) is 5.10 Å². The van der Waals surface area contributed by atoms with E-state index in [1.807, 2.05) is 10.7 Å². The Hall–Kier alpha value is -3.82. The molecule has 1 fully saturated rings. The van der Waals surface area contributed by atoms with Gasteiger partial charge in [0.1, 0.15) is 5.75 Å². The van der Waals surface area contributed by atoms with Gasteiger partial charge in [0.05, 0.1) is 24.4 Å². The molecule has 0 spiro atoms. The first kappa shape index (κ1) is 26.2. The third kappa shape index (κ3) is 7.34. The molecule has 2 N–H and O–H groups in total. The maximum absolute atomic E-state index is 12.6. The Morgan fingerprint density at radius 2 is 1.70 bits per heavy atom. The minimum atomic E-state index is -4.75. The molecule has 10 heteroatoms. The fourth-order valence-corrected chi connectivity index (χ4v) is 4.53. The summed E-state index contributed by atoms with van der Waals surface area (Å²) in [6.07, 6.45) is 0.704. The number of carbonyl (C=O) groups is 2. The molecule has 0 atom stereocenters. The average Bonchev–Trinajstić information content (AvgIpc) is 3.28. The highest BCUT2D eigenvalue weighted by molar-refractivity contribution is 5.94. The lowest BCUT2D eigenvalue weighted by molar-refractivity contribution is -0.274. The minimum Gasteiger partial charge on any atom is -0.481 e. The van der Waals surface area contributed by atoms with Crippen LogP contribution in [-0.2, 0) is 11.3 Å². The fourth-order valence-electron chi connectivity index (χ4n) is 4.53. The molecule has 1 aromatic heterocycles. The van der Waals surface area contributed by atoms with Crippen LogP contribution in [0.3, 0.4) is 0 Å². The molecule has 2 aromatic carbocycles. The lowest BCUT2D eigenvalue weighted by Crippen LogP contribution is -2.25. The van der Waals surface area contributed by atoms with Crippen LogP contribution in [0.15, 0.2) is 54.6 Å². The number of nitrogens with zero attached hydrogens (tertiary/aromatic N) is 2. The Bertz CT molecular complexity index is 1220. The van der Waals surface area contributed by atoms with Crippen molar-refractivity contribution in [3.05, 3.63) is 71.4 Å². The number of nitrogens with one attached hydrogen (secondary N) is 1. The summed E-state index contributed by atoms with van der Waals surface area (Å²) in [4.78, 5) is 22.9. The first-order valence-electron chi connectivity index (χ1n) is 12.2. The van der Waals surface area contributed by atoms with Gasteiger partial charge in [0, 0.05) is 23.6 Å². The van der Waals surface area contributed by atoms with Crippen LogP contribution in [0.4, 0.5) is 13.2 Å². The molecule has 7 nitrogen and oxygen atoms in total. The van der Waals surface area contributed by atoms with Gasteiger partial charge < -0.3 is 15.2 Å². The van der Waals surface area contributed by atoms with Crippen LogP contribution < -0.4 is 10.1 Å². The zero-order chi connectivity index (χ0) is 26.4. The van der Waals surface area contributed by atoms with Gasteiger partial charge in [-0.3, -0.25) is 14.3 Å². The van der Waals surface area contributed by atoms with Crippen molar-refractivity contribution in [2.75, 3.05) is 6.54 Å². The lowest BCUT2D eigenvalue weighted by atomic mass is 9.87. The number of rotatable bonds is 9. The Morgan fingerprint density at radius 3 is 2.32 bits per heavy atom. The third-order valence-electron chi connectivity index (χ3n) is 6.38. The van der Waals surface area contributed by atoms with Gasteiger partial charge in [-0.1, -0.05) is 31.4 Å². The van der Waals surface area contributed by atoms with Crippen molar-refractivity contribution < 1.29 is 32.6 Å². The average molecular weight is 516 g/mol. The van der Waals surface area contributed by atoms with Gasteiger partial charge >= 0.3 is 12.3 Å². The molecule has 1 aliphatic carbocycles. The summed E-state index contributed by atoms with van der Waals surface area (Å²) >= 11 is 0. The highest BCUT2D eigenvalue weighted by Crippen LogP contribution is 2.35. The first-order valence-corrected chi connectivity index (χ1v) is 12.2. The molecule has 1 saturated carbocycles. The highest BCUT2D eigenvalue weighted by atomic mass is 19.4. The second-order valence-electron chi connectivity index (χ2n) is 9.12. The van der Waals surface area contributed by atoms with E-state index in [2.05, 4.69) is 10.1 Å². The molecule has 1 amide bonds. The van der Waals surface area contributed by atoms with Gasteiger partial charge in [-0.05, 0) is 60.9 Å². The second-order valence-corrected chi connectivity index (χ2v) is 9.12. The molecule has 196 valence electrons. The third-order valence-corrected chi connectivity index (χ3v) is 6.38. The lowest BCUT2D eigenvalue weighted by Gasteiger charge is -2.19. The Kier molecular flexibility index (Phi) is 8.15. The van der Waals surface area contributed by atoms with E-state index in [0.29, 0.717) is 18.0 Å². The maximum atomic E-state index is 12.6. The van der Waals surface area contributed by atoms with Crippen LogP contribution in [0.25, 0.3) is 11.3 Å². The molecule has 0 aliphatic heterocycles. The topological polar surface area (TPSA) is 93.5 Å². The van der Waals surface area contributed by atoms with Crippen molar-refractivity contribution in [3.63, 3.8) is 0 Å². The van der Waals surface area contributed by atoms with Gasteiger partial charge in [-0.15, -0.1) is 13.2 Å². The predicted molar refractivity (Wildman–Crippen MR) is 130 cm³/mol. The van der Waals surface area contributed by atoms with Crippen LogP contribution >= 0.6 is 0 Å². The van der Waals surface area contributed by atoms with Gasteiger partial charge in [0.2, 0.25) is 0 Å². The summed E-state index contributed by atoms with van der Waals surface area (Å²) in [5.41, 5.74) is 3.78. The number of hydrogen-bond acceptors (Lipinski definition) is 4. The number of carboxylic acids is 1. The van der Waals surface area contributed by atoms with Gasteiger partial charge in [0.25, 0.3) is 5.91 Å². The van der Waals surface area contributed by atoms with Crippen molar-refractivity contribution in [2.45, 2.75) is 57.3 Å². The van der Waals surface area contributed by atoms with Crippen LogP contribution in [0.5, 0.6) is 5.75 Å². The maximum Gasteiger partial charge on any atom is 0.573 e. The largest absolute Gasteiger partial charge is 0.573 e. The molecule has 1 aliphatic rings. The number of carboxylic acid groups (broad SMARTS) is 1. The normalized spacial score (nSPS) is 14.4. The molecule has 0 saturated heterocycles. The molecular weight excluding hydrogens is 487 g/mol. The molecule has 3 aromatic rings. The summed E-state index contributed by atoms with van der Waals surface area (Å²) in [6, 6.07) is 14.7. The molecule has 37 heavy (non-hydrogen) atoms. The standard InChI is InChI=1S/C27H28F3N3O4/c28-27(29,30)37-22-12-10-20(11-13-22)24-16-23(19-4-2-1-3-5-19)32-33(24)17-18-6-8-21(9-7-18)26(36)31-15-14-25(34)35/h6-13,16,19H,1-5,14-15,17H2,(H,31,36)(H,34,35). The van der Waals surface area contributed by atoms with Crippen molar-refractivity contribution in [2.24, 2.45) is 0 Å². The van der Waals surface area contributed by atoms with Gasteiger partial charge in [-0.25, -0.2) is 0 Å². The van der Waals surface area contributed by atoms with E-state index in [0.717, 1.165) is 48.2 Å². The summed E-state index contributed by atoms with van der Waals surface area (Å²) in [5, 5.41) is 16.2. The number of ether oxygens (including phenoxy) is 1. The Balaban J connectivity index is 1.54. The fraction of sp³-hybridized carbons (Fsp3) is 0.370. The summed E-state index contributed by atoms with van der Waals surface area (Å²) in [7, 11) is 0. The number of benzene rings is 2. The molecule has 4 rings (SSSR count). The van der Waals surface area contributed by atoms with E-state index >= 15 is 0 Å². The quantitative estimate of drug-likeness (QED) is 0.379. The van der Waals surface area contributed by atoms with Crippen LogP contribution in [0.2, 0.25) is 0 Å². The van der Waals surface area contributed by atoms with Crippen molar-refractivity contribution in [3.8, 4) is 17.0 Å². The number of hydrogen-bond donors (Lipinski definition) is 2. The van der Waals surface area contributed by atoms with Crippen LogP contribution in [0.1, 0.15) is 66.1 Å². The first-order chi connectivity index (χ1) is 17.7. The predicted octanol–water partition coefficient (Wildman–Crippen LogP) is 5.75. The van der Waals surface area contributed by atoms with E-state index in [9.17, 15) is 22.8 Å². The number of carbonyl (C=O) groups excluding carboxylic acids is 1. The van der Waals surface area contributed by atoms with Crippen molar-refractivity contribution >= 4 is 11.9 Å². The molecular formula is C27H28F3N3O4. The van der Waals surface area contributed by atoms with Crippen molar-refractivity contribution in [1.82, 2.24) is 15.1 Å². The second kappa shape index (κ2) is 11.5. The van der Waals surface area contributed by atoms with Crippen LogP contribution in [-0.4, -0.2) is 39.7 Å². The molecule has 0 radical (unpaired) electrons. The van der Waals surface area contributed by atoms with E-state index in [1.165, 1.54) is 18.6 Å². The number of amides is 1. The SMILES string of the molecule is O=C(O)CCNC(=O)c1ccc(Cn2nc(C3CCCCC3)cc2-c2ccc(OC(F)(F)F)cc2)cc1. The Morgan fingerprint density at radius 1 is 1.03 bits per heavy atom. The zero-order valence-electron chi connectivity index (χ0n) is 20.1. The van der Waals surface area contributed by atoms with E-state index < -0.39 is 12.3 Å². The smallest absolute Gasteiger partial charge is 0.481 e. The van der Waals surface area contributed by atoms with Crippen molar-refractivity contribution in [1.29, 1.82) is 0 Å². The Labute approximate surface area is 212 Å². The van der Waals surface area contributed by atoms with E-state index in [4.69, 9.17) is 10.2 Å². The monoisotopic (exact) mass is 515 g/mol. The molecule has 0 bridgehead atoms. The summed E-state index contributed by atoms with van der Waals surface area (Å²) < 4.78 is 43.5. The van der Waals surface area contributed by atoms with Crippen LogP contribution in [0, 0.1) is 0 Å². The minimum absolute atomic E-state index is 0.0449.